The van der Waals surface area contributed by atoms with Gasteiger partial charge in [0.25, 0.3) is 0 Å². The van der Waals surface area contributed by atoms with Gasteiger partial charge in [-0.25, -0.2) is 0 Å². The average Bonchev–Trinajstić information content (AvgIpc) is 2.75. The Morgan fingerprint density at radius 2 is 2.35 bits per heavy atom. The number of hydrogen-bond donors (Lipinski definition) is 0. The molecule has 1 atom stereocenters. The summed E-state index contributed by atoms with van der Waals surface area (Å²) in [6.07, 6.45) is 2.40. The van der Waals surface area contributed by atoms with Crippen LogP contribution in [0.2, 0.25) is 0 Å². The molecule has 92 valence electrons. The van der Waals surface area contributed by atoms with Gasteiger partial charge in [-0.2, -0.15) is 0 Å². The number of nitrogens with zero attached hydrogens (tertiary/aromatic N) is 1. The molecule has 0 aromatic heterocycles. The Bertz CT molecular complexity index is 403. The van der Waals surface area contributed by atoms with E-state index in [2.05, 4.69) is 11.8 Å². The molecule has 1 aromatic carbocycles. The van der Waals surface area contributed by atoms with Crippen LogP contribution in [0.5, 0.6) is 5.75 Å². The monoisotopic (exact) mass is 233 g/mol. The van der Waals surface area contributed by atoms with E-state index in [0.717, 1.165) is 17.9 Å². The van der Waals surface area contributed by atoms with E-state index in [4.69, 9.17) is 4.74 Å². The van der Waals surface area contributed by atoms with E-state index in [1.54, 1.807) is 7.11 Å². The molecular formula is C14H19NO2. The second kappa shape index (κ2) is 5.32. The molecule has 1 aromatic rings. The van der Waals surface area contributed by atoms with Crippen molar-refractivity contribution >= 4 is 5.78 Å². The molecule has 2 rings (SSSR count). The molecule has 0 spiro atoms. The number of rotatable bonds is 4. The zero-order valence-electron chi connectivity index (χ0n) is 10.5. The van der Waals surface area contributed by atoms with E-state index in [1.165, 1.54) is 12.8 Å². The molecule has 1 unspecified atom stereocenters. The standard InChI is InChI=1S/C14H19NO2/c1-11-5-4-8-15(11)10-14(16)12-6-3-7-13(9-12)17-2/h3,6-7,9,11H,4-5,8,10H2,1-2H3. The fraction of sp³-hybridized carbons (Fsp3) is 0.500. The van der Waals surface area contributed by atoms with Crippen molar-refractivity contribution in [1.82, 2.24) is 4.90 Å². The zero-order valence-corrected chi connectivity index (χ0v) is 10.5. The lowest BCUT2D eigenvalue weighted by molar-refractivity contribution is 0.0926. The molecule has 0 saturated carbocycles. The molecule has 0 aliphatic carbocycles. The van der Waals surface area contributed by atoms with Gasteiger partial charge in [0.1, 0.15) is 5.75 Å². The summed E-state index contributed by atoms with van der Waals surface area (Å²) in [5, 5.41) is 0. The van der Waals surface area contributed by atoms with Crippen molar-refractivity contribution in [2.75, 3.05) is 20.2 Å². The van der Waals surface area contributed by atoms with Crippen LogP contribution in [0, 0.1) is 0 Å². The highest BCUT2D eigenvalue weighted by Gasteiger charge is 2.22. The number of Topliss-reactive ketones (excluding diaryl/α,β-unsaturated/α-hetero) is 1. The quantitative estimate of drug-likeness (QED) is 0.748. The lowest BCUT2D eigenvalue weighted by Crippen LogP contribution is -2.32. The van der Waals surface area contributed by atoms with Crippen LogP contribution >= 0.6 is 0 Å². The predicted molar refractivity (Wildman–Crippen MR) is 67.6 cm³/mol. The van der Waals surface area contributed by atoms with Crippen LogP contribution in [0.3, 0.4) is 0 Å². The van der Waals surface area contributed by atoms with Gasteiger partial charge < -0.3 is 4.74 Å². The topological polar surface area (TPSA) is 29.5 Å². The molecule has 1 heterocycles. The zero-order chi connectivity index (χ0) is 12.3. The van der Waals surface area contributed by atoms with Gasteiger partial charge in [-0.05, 0) is 38.4 Å². The van der Waals surface area contributed by atoms with Crippen LogP contribution in [0.1, 0.15) is 30.1 Å². The fourth-order valence-corrected chi connectivity index (χ4v) is 2.30. The molecule has 3 heteroatoms. The first-order valence-corrected chi connectivity index (χ1v) is 6.12. The molecule has 0 amide bonds. The molecule has 0 bridgehead atoms. The normalized spacial score (nSPS) is 20.5. The predicted octanol–water partition coefficient (Wildman–Crippen LogP) is 2.36. The Morgan fingerprint density at radius 1 is 1.53 bits per heavy atom. The van der Waals surface area contributed by atoms with Crippen molar-refractivity contribution < 1.29 is 9.53 Å². The number of likely N-dealkylation sites (tertiary alicyclic amines) is 1. The van der Waals surface area contributed by atoms with Gasteiger partial charge in [0.05, 0.1) is 13.7 Å². The molecule has 0 radical (unpaired) electrons. The van der Waals surface area contributed by atoms with Gasteiger partial charge >= 0.3 is 0 Å². The van der Waals surface area contributed by atoms with Crippen molar-refractivity contribution in [2.45, 2.75) is 25.8 Å². The minimum atomic E-state index is 0.178. The van der Waals surface area contributed by atoms with Crippen molar-refractivity contribution in [1.29, 1.82) is 0 Å². The Labute approximate surface area is 102 Å². The number of ether oxygens (including phenoxy) is 1. The highest BCUT2D eigenvalue weighted by Crippen LogP contribution is 2.18. The van der Waals surface area contributed by atoms with Crippen LogP contribution in [0.4, 0.5) is 0 Å². The van der Waals surface area contributed by atoms with Gasteiger partial charge in [-0.15, -0.1) is 0 Å². The summed E-state index contributed by atoms with van der Waals surface area (Å²) < 4.78 is 5.13. The minimum Gasteiger partial charge on any atom is -0.497 e. The van der Waals surface area contributed by atoms with E-state index in [1.807, 2.05) is 24.3 Å². The largest absolute Gasteiger partial charge is 0.497 e. The molecule has 0 N–H and O–H groups in total. The fourth-order valence-electron chi connectivity index (χ4n) is 2.30. The number of carbonyl (C=O) groups excluding carboxylic acids is 1. The first-order chi connectivity index (χ1) is 8.20. The van der Waals surface area contributed by atoms with Crippen molar-refractivity contribution in [3.63, 3.8) is 0 Å². The van der Waals surface area contributed by atoms with E-state index in [9.17, 15) is 4.79 Å². The third-order valence-electron chi connectivity index (χ3n) is 3.43. The molecule has 1 saturated heterocycles. The van der Waals surface area contributed by atoms with Crippen molar-refractivity contribution in [3.05, 3.63) is 29.8 Å². The second-order valence-corrected chi connectivity index (χ2v) is 4.62. The van der Waals surface area contributed by atoms with Crippen molar-refractivity contribution in [3.8, 4) is 5.75 Å². The summed E-state index contributed by atoms with van der Waals surface area (Å²) in [6.45, 7) is 3.75. The number of methoxy groups -OCH3 is 1. The smallest absolute Gasteiger partial charge is 0.176 e. The maximum absolute atomic E-state index is 12.1. The summed E-state index contributed by atoms with van der Waals surface area (Å²) in [7, 11) is 1.62. The third-order valence-corrected chi connectivity index (χ3v) is 3.43. The summed E-state index contributed by atoms with van der Waals surface area (Å²) in [6, 6.07) is 7.91. The van der Waals surface area contributed by atoms with Gasteiger partial charge in [-0.3, -0.25) is 9.69 Å². The summed E-state index contributed by atoms with van der Waals surface area (Å²) >= 11 is 0. The van der Waals surface area contributed by atoms with Gasteiger partial charge in [-0.1, -0.05) is 12.1 Å². The van der Waals surface area contributed by atoms with Gasteiger partial charge in [0.15, 0.2) is 5.78 Å². The first kappa shape index (κ1) is 12.1. The maximum atomic E-state index is 12.1. The summed E-state index contributed by atoms with van der Waals surface area (Å²) in [4.78, 5) is 14.4. The molecule has 1 aliphatic heterocycles. The number of ketones is 1. The Kier molecular flexibility index (Phi) is 3.79. The lowest BCUT2D eigenvalue weighted by Gasteiger charge is -2.19. The molecule has 1 aliphatic rings. The average molecular weight is 233 g/mol. The highest BCUT2D eigenvalue weighted by atomic mass is 16.5. The molecule has 1 fully saturated rings. The van der Waals surface area contributed by atoms with Gasteiger partial charge in [0, 0.05) is 11.6 Å². The molecule has 17 heavy (non-hydrogen) atoms. The number of carbonyl (C=O) groups is 1. The minimum absolute atomic E-state index is 0.178. The Morgan fingerprint density at radius 3 is 3.00 bits per heavy atom. The lowest BCUT2D eigenvalue weighted by atomic mass is 10.1. The van der Waals surface area contributed by atoms with Crippen LogP contribution in [-0.4, -0.2) is 36.9 Å². The van der Waals surface area contributed by atoms with E-state index in [0.29, 0.717) is 12.6 Å². The van der Waals surface area contributed by atoms with Gasteiger partial charge in [0.2, 0.25) is 0 Å². The SMILES string of the molecule is COc1cccc(C(=O)CN2CCCC2C)c1. The first-order valence-electron chi connectivity index (χ1n) is 6.12. The molecular weight excluding hydrogens is 214 g/mol. The van der Waals surface area contributed by atoms with Crippen LogP contribution < -0.4 is 4.74 Å². The highest BCUT2D eigenvalue weighted by molar-refractivity contribution is 5.98. The van der Waals surface area contributed by atoms with E-state index in [-0.39, 0.29) is 5.78 Å². The van der Waals surface area contributed by atoms with Crippen LogP contribution in [0.15, 0.2) is 24.3 Å². The molecule has 3 nitrogen and oxygen atoms in total. The number of hydrogen-bond acceptors (Lipinski definition) is 3. The second-order valence-electron chi connectivity index (χ2n) is 4.62. The Hall–Kier alpha value is -1.35. The summed E-state index contributed by atoms with van der Waals surface area (Å²) in [5.74, 6) is 0.919. The van der Waals surface area contributed by atoms with E-state index >= 15 is 0 Å². The van der Waals surface area contributed by atoms with Crippen molar-refractivity contribution in [2.24, 2.45) is 0 Å². The van der Waals surface area contributed by atoms with Crippen LogP contribution in [0.25, 0.3) is 0 Å². The number of benzene rings is 1. The summed E-state index contributed by atoms with van der Waals surface area (Å²) in [5.41, 5.74) is 0.739. The van der Waals surface area contributed by atoms with E-state index < -0.39 is 0 Å². The maximum Gasteiger partial charge on any atom is 0.176 e. The Balaban J connectivity index is 2.03. The van der Waals surface area contributed by atoms with Crippen LogP contribution in [-0.2, 0) is 0 Å². The third kappa shape index (κ3) is 2.86.